The molecule has 1 amide bonds. The minimum absolute atomic E-state index is 0.0677. The summed E-state index contributed by atoms with van der Waals surface area (Å²) in [5.74, 6) is 6.76. The van der Waals surface area contributed by atoms with Gasteiger partial charge >= 0.3 is 0 Å². The maximum atomic E-state index is 10.7. The molecule has 1 rings (SSSR count). The van der Waals surface area contributed by atoms with Crippen LogP contribution in [0.5, 0.6) is 5.75 Å². The average Bonchev–Trinajstić information content (AvgIpc) is 2.28. The fraction of sp³-hybridized carbons (Fsp3) is 0.357. The molecule has 3 nitrogen and oxygen atoms in total. The van der Waals surface area contributed by atoms with E-state index in [0.29, 0.717) is 6.54 Å². The van der Waals surface area contributed by atoms with E-state index in [2.05, 4.69) is 17.2 Å². The van der Waals surface area contributed by atoms with Crippen molar-refractivity contribution in [1.29, 1.82) is 0 Å². The van der Waals surface area contributed by atoms with E-state index in [1.54, 1.807) is 7.11 Å². The summed E-state index contributed by atoms with van der Waals surface area (Å²) in [6, 6.07) is 3.96. The van der Waals surface area contributed by atoms with E-state index in [0.717, 1.165) is 22.4 Å². The molecule has 0 spiro atoms. The molecular weight excluding hydrogens is 214 g/mol. The zero-order chi connectivity index (χ0) is 12.8. The van der Waals surface area contributed by atoms with E-state index in [1.165, 1.54) is 6.92 Å². The van der Waals surface area contributed by atoms with Crippen molar-refractivity contribution in [3.63, 3.8) is 0 Å². The van der Waals surface area contributed by atoms with Gasteiger partial charge in [0.15, 0.2) is 0 Å². The number of methoxy groups -OCH3 is 1. The number of hydrogen-bond donors (Lipinski definition) is 1. The zero-order valence-corrected chi connectivity index (χ0v) is 10.7. The molecule has 0 saturated carbocycles. The van der Waals surface area contributed by atoms with Crippen molar-refractivity contribution in [2.45, 2.75) is 20.8 Å². The van der Waals surface area contributed by atoms with Gasteiger partial charge in [-0.05, 0) is 37.1 Å². The summed E-state index contributed by atoms with van der Waals surface area (Å²) in [6.07, 6.45) is 0. The second-order valence-electron chi connectivity index (χ2n) is 3.85. The zero-order valence-electron chi connectivity index (χ0n) is 10.7. The Bertz CT molecular complexity index is 481. The van der Waals surface area contributed by atoms with Crippen molar-refractivity contribution in [2.24, 2.45) is 0 Å². The molecule has 0 unspecified atom stereocenters. The molecule has 0 aliphatic rings. The number of hydrogen-bond acceptors (Lipinski definition) is 2. The second-order valence-corrected chi connectivity index (χ2v) is 3.85. The molecule has 1 N–H and O–H groups in total. The van der Waals surface area contributed by atoms with Crippen molar-refractivity contribution < 1.29 is 9.53 Å². The predicted molar refractivity (Wildman–Crippen MR) is 68.0 cm³/mol. The van der Waals surface area contributed by atoms with Crippen molar-refractivity contribution in [2.75, 3.05) is 13.7 Å². The lowest BCUT2D eigenvalue weighted by atomic mass is 10.0. The van der Waals surface area contributed by atoms with E-state index in [1.807, 2.05) is 26.0 Å². The van der Waals surface area contributed by atoms with Gasteiger partial charge in [-0.2, -0.15) is 0 Å². The summed E-state index contributed by atoms with van der Waals surface area (Å²) < 4.78 is 5.23. The van der Waals surface area contributed by atoms with E-state index in [4.69, 9.17) is 4.74 Å². The normalized spacial score (nSPS) is 9.18. The van der Waals surface area contributed by atoms with Crippen LogP contribution in [-0.2, 0) is 4.79 Å². The molecule has 0 fully saturated rings. The number of nitrogens with one attached hydrogen (secondary N) is 1. The molecule has 1 aromatic rings. The minimum atomic E-state index is -0.0677. The van der Waals surface area contributed by atoms with Crippen LogP contribution in [0.25, 0.3) is 0 Å². The van der Waals surface area contributed by atoms with Gasteiger partial charge in [0.05, 0.1) is 13.7 Å². The van der Waals surface area contributed by atoms with Crippen LogP contribution in [0, 0.1) is 25.7 Å². The predicted octanol–water partition coefficient (Wildman–Crippen LogP) is 1.80. The van der Waals surface area contributed by atoms with Crippen molar-refractivity contribution in [3.8, 4) is 17.6 Å². The first-order valence-corrected chi connectivity index (χ1v) is 5.43. The van der Waals surface area contributed by atoms with Crippen molar-refractivity contribution in [1.82, 2.24) is 5.32 Å². The first-order chi connectivity index (χ1) is 8.04. The summed E-state index contributed by atoms with van der Waals surface area (Å²) in [6.45, 7) is 5.83. The molecule has 0 aliphatic heterocycles. The first kappa shape index (κ1) is 13.1. The van der Waals surface area contributed by atoms with Gasteiger partial charge in [-0.3, -0.25) is 4.79 Å². The molecule has 1 aromatic carbocycles. The molecule has 90 valence electrons. The molecule has 3 heteroatoms. The van der Waals surface area contributed by atoms with Gasteiger partial charge < -0.3 is 10.1 Å². The number of rotatable bonds is 2. The van der Waals surface area contributed by atoms with Gasteiger partial charge in [0.2, 0.25) is 5.91 Å². The van der Waals surface area contributed by atoms with Gasteiger partial charge in [-0.15, -0.1) is 0 Å². The highest BCUT2D eigenvalue weighted by Gasteiger charge is 2.02. The Balaban J connectivity index is 2.84. The summed E-state index contributed by atoms with van der Waals surface area (Å²) in [5.41, 5.74) is 3.10. The second kappa shape index (κ2) is 5.95. The summed E-state index contributed by atoms with van der Waals surface area (Å²) in [5, 5.41) is 2.64. The summed E-state index contributed by atoms with van der Waals surface area (Å²) in [4.78, 5) is 10.7. The number of amides is 1. The fourth-order valence-corrected chi connectivity index (χ4v) is 1.45. The number of ether oxygens (including phenoxy) is 1. The molecule has 0 atom stereocenters. The maximum Gasteiger partial charge on any atom is 0.217 e. The highest BCUT2D eigenvalue weighted by Crippen LogP contribution is 2.21. The topological polar surface area (TPSA) is 38.3 Å². The third-order valence-electron chi connectivity index (χ3n) is 2.39. The Labute approximate surface area is 102 Å². The largest absolute Gasteiger partial charge is 0.496 e. The Morgan fingerprint density at radius 3 is 2.65 bits per heavy atom. The Morgan fingerprint density at radius 1 is 1.35 bits per heavy atom. The Hall–Kier alpha value is -1.95. The Kier molecular flexibility index (Phi) is 4.59. The minimum Gasteiger partial charge on any atom is -0.496 e. The number of carbonyl (C=O) groups is 1. The summed E-state index contributed by atoms with van der Waals surface area (Å²) in [7, 11) is 1.66. The molecule has 0 bridgehead atoms. The van der Waals surface area contributed by atoms with Crippen molar-refractivity contribution >= 4 is 5.91 Å². The number of benzene rings is 1. The first-order valence-electron chi connectivity index (χ1n) is 5.43. The lowest BCUT2D eigenvalue weighted by Crippen LogP contribution is -2.19. The van der Waals surface area contributed by atoms with E-state index in [9.17, 15) is 4.79 Å². The fourth-order valence-electron chi connectivity index (χ4n) is 1.45. The smallest absolute Gasteiger partial charge is 0.217 e. The highest BCUT2D eigenvalue weighted by molar-refractivity contribution is 5.73. The number of aryl methyl sites for hydroxylation is 2. The summed E-state index contributed by atoms with van der Waals surface area (Å²) >= 11 is 0. The SMILES string of the molecule is COc1cc(C)c(C#CCNC(C)=O)cc1C. The van der Waals surface area contributed by atoms with Crippen LogP contribution < -0.4 is 10.1 Å². The molecule has 0 aliphatic carbocycles. The van der Waals surface area contributed by atoms with Gasteiger partial charge in [0, 0.05) is 12.5 Å². The number of carbonyl (C=O) groups excluding carboxylic acids is 1. The van der Waals surface area contributed by atoms with Crippen LogP contribution in [0.2, 0.25) is 0 Å². The quantitative estimate of drug-likeness (QED) is 0.788. The molecule has 0 aromatic heterocycles. The van der Waals surface area contributed by atoms with Crippen LogP contribution in [0.3, 0.4) is 0 Å². The highest BCUT2D eigenvalue weighted by atomic mass is 16.5. The third kappa shape index (κ3) is 3.84. The van der Waals surface area contributed by atoms with Gasteiger partial charge in [-0.25, -0.2) is 0 Å². The molecular formula is C14H17NO2. The van der Waals surface area contributed by atoms with Crippen LogP contribution in [0.1, 0.15) is 23.6 Å². The standard InChI is InChI=1S/C14H17NO2/c1-10-9-14(17-4)11(2)8-13(10)6-5-7-15-12(3)16/h8-9H,7H2,1-4H3,(H,15,16). The van der Waals surface area contributed by atoms with Crippen LogP contribution in [0.4, 0.5) is 0 Å². The molecule has 0 heterocycles. The monoisotopic (exact) mass is 231 g/mol. The molecule has 17 heavy (non-hydrogen) atoms. The van der Waals surface area contributed by atoms with Gasteiger partial charge in [0.1, 0.15) is 5.75 Å². The maximum absolute atomic E-state index is 10.7. The van der Waals surface area contributed by atoms with Gasteiger partial charge in [0.25, 0.3) is 0 Å². The average molecular weight is 231 g/mol. The van der Waals surface area contributed by atoms with Crippen LogP contribution in [-0.4, -0.2) is 19.6 Å². The third-order valence-corrected chi connectivity index (χ3v) is 2.39. The van der Waals surface area contributed by atoms with Crippen molar-refractivity contribution in [3.05, 3.63) is 28.8 Å². The van der Waals surface area contributed by atoms with Crippen LogP contribution >= 0.6 is 0 Å². The molecule has 0 radical (unpaired) electrons. The molecule has 0 saturated heterocycles. The lowest BCUT2D eigenvalue weighted by Gasteiger charge is -2.07. The lowest BCUT2D eigenvalue weighted by molar-refractivity contribution is -0.118. The Morgan fingerprint density at radius 2 is 2.06 bits per heavy atom. The van der Waals surface area contributed by atoms with Gasteiger partial charge in [-0.1, -0.05) is 11.8 Å². The van der Waals surface area contributed by atoms with Crippen LogP contribution in [0.15, 0.2) is 12.1 Å². The van der Waals surface area contributed by atoms with E-state index in [-0.39, 0.29) is 5.91 Å². The van der Waals surface area contributed by atoms with E-state index >= 15 is 0 Å². The van der Waals surface area contributed by atoms with E-state index < -0.39 is 0 Å².